The first-order chi connectivity index (χ1) is 10.9. The molecule has 0 aliphatic heterocycles. The molecule has 6 heteroatoms. The fraction of sp³-hybridized carbons (Fsp3) is 0.412. The van der Waals surface area contributed by atoms with Crippen LogP contribution in [-0.2, 0) is 0 Å². The summed E-state index contributed by atoms with van der Waals surface area (Å²) in [4.78, 5) is 12.2. The molecule has 2 rings (SSSR count). The molecule has 1 heterocycles. The molecule has 1 aromatic carbocycles. The molecule has 2 N–H and O–H groups in total. The van der Waals surface area contributed by atoms with E-state index in [0.29, 0.717) is 24.3 Å². The standard InChI is InChI=1S/C17H22FN3O2/c1-11(8-13(3)22)10-19-17(23)16-9-12(2)21(20-16)15-6-4-14(18)5-7-15/h4-7,9,11,13,22H,8,10H2,1-3H3,(H,19,23). The zero-order valence-corrected chi connectivity index (χ0v) is 13.6. The minimum absolute atomic E-state index is 0.180. The van der Waals surface area contributed by atoms with Gasteiger partial charge in [0, 0.05) is 12.2 Å². The summed E-state index contributed by atoms with van der Waals surface area (Å²) in [7, 11) is 0. The summed E-state index contributed by atoms with van der Waals surface area (Å²) in [5, 5.41) is 16.4. The van der Waals surface area contributed by atoms with Crippen molar-refractivity contribution in [2.24, 2.45) is 5.92 Å². The van der Waals surface area contributed by atoms with Crippen molar-refractivity contribution in [2.75, 3.05) is 6.54 Å². The highest BCUT2D eigenvalue weighted by Gasteiger charge is 2.14. The van der Waals surface area contributed by atoms with Gasteiger partial charge in [-0.2, -0.15) is 5.10 Å². The third-order valence-electron chi connectivity index (χ3n) is 3.55. The van der Waals surface area contributed by atoms with Gasteiger partial charge in [-0.15, -0.1) is 0 Å². The lowest BCUT2D eigenvalue weighted by atomic mass is 10.0. The largest absolute Gasteiger partial charge is 0.393 e. The molecule has 2 atom stereocenters. The Morgan fingerprint density at radius 1 is 1.35 bits per heavy atom. The number of aliphatic hydroxyl groups is 1. The van der Waals surface area contributed by atoms with Crippen LogP contribution in [0, 0.1) is 18.7 Å². The second-order valence-corrected chi connectivity index (χ2v) is 5.96. The van der Waals surface area contributed by atoms with E-state index >= 15 is 0 Å². The topological polar surface area (TPSA) is 67.2 Å². The van der Waals surface area contributed by atoms with Gasteiger partial charge in [0.15, 0.2) is 5.69 Å². The number of amides is 1. The molecule has 0 aliphatic rings. The van der Waals surface area contributed by atoms with Gasteiger partial charge >= 0.3 is 0 Å². The number of nitrogens with one attached hydrogen (secondary N) is 1. The van der Waals surface area contributed by atoms with Crippen molar-refractivity contribution in [1.29, 1.82) is 0 Å². The Balaban J connectivity index is 2.05. The van der Waals surface area contributed by atoms with E-state index in [4.69, 9.17) is 0 Å². The Bertz CT molecular complexity index is 665. The van der Waals surface area contributed by atoms with Crippen LogP contribution in [-0.4, -0.2) is 33.4 Å². The van der Waals surface area contributed by atoms with Crippen molar-refractivity contribution >= 4 is 5.91 Å². The maximum Gasteiger partial charge on any atom is 0.271 e. The van der Waals surface area contributed by atoms with Gasteiger partial charge in [0.2, 0.25) is 0 Å². The lowest BCUT2D eigenvalue weighted by molar-refractivity contribution is 0.0934. The van der Waals surface area contributed by atoms with Crippen LogP contribution in [0.2, 0.25) is 0 Å². The predicted molar refractivity (Wildman–Crippen MR) is 86.1 cm³/mol. The number of hydrogen-bond acceptors (Lipinski definition) is 3. The number of aliphatic hydroxyl groups excluding tert-OH is 1. The van der Waals surface area contributed by atoms with E-state index in [1.54, 1.807) is 29.8 Å². The van der Waals surface area contributed by atoms with Crippen LogP contribution in [0.1, 0.15) is 36.5 Å². The highest BCUT2D eigenvalue weighted by molar-refractivity contribution is 5.92. The zero-order valence-electron chi connectivity index (χ0n) is 13.6. The molecule has 2 unspecified atom stereocenters. The number of carbonyl (C=O) groups excluding carboxylic acids is 1. The Kier molecular flexibility index (Phi) is 5.50. The summed E-state index contributed by atoms with van der Waals surface area (Å²) < 4.78 is 14.6. The average molecular weight is 319 g/mol. The van der Waals surface area contributed by atoms with Gasteiger partial charge in [-0.05, 0) is 56.5 Å². The molecular weight excluding hydrogens is 297 g/mol. The van der Waals surface area contributed by atoms with Crippen LogP contribution < -0.4 is 5.32 Å². The summed E-state index contributed by atoms with van der Waals surface area (Å²) in [5.41, 5.74) is 1.81. The summed E-state index contributed by atoms with van der Waals surface area (Å²) >= 11 is 0. The Labute approximate surface area is 135 Å². The zero-order chi connectivity index (χ0) is 17.0. The number of nitrogens with zero attached hydrogens (tertiary/aromatic N) is 2. The second kappa shape index (κ2) is 7.37. The molecule has 124 valence electrons. The Hall–Kier alpha value is -2.21. The number of aryl methyl sites for hydroxylation is 1. The highest BCUT2D eigenvalue weighted by atomic mass is 19.1. The minimum atomic E-state index is -0.387. The number of hydrogen-bond donors (Lipinski definition) is 2. The minimum Gasteiger partial charge on any atom is -0.393 e. The van der Waals surface area contributed by atoms with Gasteiger partial charge in [-0.1, -0.05) is 6.92 Å². The van der Waals surface area contributed by atoms with E-state index < -0.39 is 0 Å². The van der Waals surface area contributed by atoms with Gasteiger partial charge in [-0.3, -0.25) is 4.79 Å². The lowest BCUT2D eigenvalue weighted by Crippen LogP contribution is -2.29. The molecule has 1 aromatic heterocycles. The number of halogens is 1. The Morgan fingerprint density at radius 3 is 2.61 bits per heavy atom. The fourth-order valence-corrected chi connectivity index (χ4v) is 2.45. The van der Waals surface area contributed by atoms with Crippen molar-refractivity contribution in [2.45, 2.75) is 33.3 Å². The van der Waals surface area contributed by atoms with Gasteiger partial charge in [-0.25, -0.2) is 9.07 Å². The fourth-order valence-electron chi connectivity index (χ4n) is 2.45. The number of benzene rings is 1. The normalized spacial score (nSPS) is 13.6. The first-order valence-corrected chi connectivity index (χ1v) is 7.65. The Morgan fingerprint density at radius 2 is 2.00 bits per heavy atom. The molecule has 1 amide bonds. The van der Waals surface area contributed by atoms with Gasteiger partial charge in [0.25, 0.3) is 5.91 Å². The summed E-state index contributed by atoms with van der Waals surface area (Å²) in [6, 6.07) is 7.63. The molecule has 5 nitrogen and oxygen atoms in total. The smallest absolute Gasteiger partial charge is 0.271 e. The number of rotatable bonds is 6. The molecule has 0 fully saturated rings. The molecule has 2 aromatic rings. The van der Waals surface area contributed by atoms with Gasteiger partial charge < -0.3 is 10.4 Å². The predicted octanol–water partition coefficient (Wildman–Crippen LogP) is 2.46. The van der Waals surface area contributed by atoms with E-state index in [1.807, 2.05) is 13.8 Å². The quantitative estimate of drug-likeness (QED) is 0.859. The summed E-state index contributed by atoms with van der Waals surface area (Å²) in [5.74, 6) is -0.394. The van der Waals surface area contributed by atoms with Crippen molar-refractivity contribution in [3.63, 3.8) is 0 Å². The van der Waals surface area contributed by atoms with Crippen LogP contribution >= 0.6 is 0 Å². The maximum atomic E-state index is 13.0. The first-order valence-electron chi connectivity index (χ1n) is 7.65. The molecule has 0 spiro atoms. The molecular formula is C17H22FN3O2. The highest BCUT2D eigenvalue weighted by Crippen LogP contribution is 2.13. The summed E-state index contributed by atoms with van der Waals surface area (Å²) in [6.45, 7) is 6.01. The molecule has 0 aliphatic carbocycles. The van der Waals surface area contributed by atoms with E-state index in [2.05, 4.69) is 10.4 Å². The van der Waals surface area contributed by atoms with Crippen LogP contribution in [0.4, 0.5) is 4.39 Å². The SMILES string of the molecule is Cc1cc(C(=O)NCC(C)CC(C)O)nn1-c1ccc(F)cc1. The maximum absolute atomic E-state index is 13.0. The van der Waals surface area contributed by atoms with Crippen molar-refractivity contribution in [3.05, 3.63) is 47.5 Å². The average Bonchev–Trinajstić information content (AvgIpc) is 2.87. The third-order valence-corrected chi connectivity index (χ3v) is 3.55. The monoisotopic (exact) mass is 319 g/mol. The van der Waals surface area contributed by atoms with Crippen LogP contribution in [0.3, 0.4) is 0 Å². The number of aromatic nitrogens is 2. The lowest BCUT2D eigenvalue weighted by Gasteiger charge is -2.13. The van der Waals surface area contributed by atoms with Crippen LogP contribution in [0.5, 0.6) is 0 Å². The number of carbonyl (C=O) groups is 1. The molecule has 0 bridgehead atoms. The van der Waals surface area contributed by atoms with E-state index in [0.717, 1.165) is 5.69 Å². The molecule has 0 saturated carbocycles. The van der Waals surface area contributed by atoms with Gasteiger partial charge in [0.05, 0.1) is 11.8 Å². The van der Waals surface area contributed by atoms with Crippen LogP contribution in [0.25, 0.3) is 5.69 Å². The third kappa shape index (κ3) is 4.63. The van der Waals surface area contributed by atoms with E-state index in [-0.39, 0.29) is 23.7 Å². The van der Waals surface area contributed by atoms with E-state index in [1.165, 1.54) is 12.1 Å². The molecule has 23 heavy (non-hydrogen) atoms. The van der Waals surface area contributed by atoms with Gasteiger partial charge in [0.1, 0.15) is 5.82 Å². The van der Waals surface area contributed by atoms with E-state index in [9.17, 15) is 14.3 Å². The van der Waals surface area contributed by atoms with Crippen LogP contribution in [0.15, 0.2) is 30.3 Å². The summed E-state index contributed by atoms with van der Waals surface area (Å²) in [6.07, 6.45) is 0.241. The van der Waals surface area contributed by atoms with Crippen molar-refractivity contribution in [1.82, 2.24) is 15.1 Å². The first kappa shape index (κ1) is 17.1. The van der Waals surface area contributed by atoms with Crippen molar-refractivity contribution < 1.29 is 14.3 Å². The van der Waals surface area contributed by atoms with Crippen molar-refractivity contribution in [3.8, 4) is 5.69 Å². The molecule has 0 saturated heterocycles. The second-order valence-electron chi connectivity index (χ2n) is 5.96. The molecule has 0 radical (unpaired) electrons.